The first kappa shape index (κ1) is 18.2. The second-order valence-corrected chi connectivity index (χ2v) is 7.07. The number of ether oxygens (including phenoxy) is 1. The lowest BCUT2D eigenvalue weighted by Crippen LogP contribution is -2.55. The van der Waals surface area contributed by atoms with Crippen LogP contribution in [0.15, 0.2) is 30.3 Å². The highest BCUT2D eigenvalue weighted by Gasteiger charge is 2.30. The van der Waals surface area contributed by atoms with Crippen molar-refractivity contribution >= 4 is 5.91 Å². The Hall–Kier alpha value is -1.63. The van der Waals surface area contributed by atoms with Crippen molar-refractivity contribution in [3.8, 4) is 5.75 Å². The summed E-state index contributed by atoms with van der Waals surface area (Å²) in [4.78, 5) is 16.6. The highest BCUT2D eigenvalue weighted by Crippen LogP contribution is 2.19. The zero-order valence-electron chi connectivity index (χ0n) is 14.9. The molecule has 0 aromatic heterocycles. The molecule has 3 rings (SSSR count). The summed E-state index contributed by atoms with van der Waals surface area (Å²) < 4.78 is 5.60. The van der Waals surface area contributed by atoms with Crippen LogP contribution in [0.2, 0.25) is 0 Å². The number of hydrogen-bond acceptors (Lipinski definition) is 5. The maximum absolute atomic E-state index is 12.1. The maximum atomic E-state index is 12.1. The summed E-state index contributed by atoms with van der Waals surface area (Å²) in [5.41, 5.74) is 0. The first-order chi connectivity index (χ1) is 12.1. The summed E-state index contributed by atoms with van der Waals surface area (Å²) in [6.07, 6.45) is 1.73. The largest absolute Gasteiger partial charge is 0.491 e. The van der Waals surface area contributed by atoms with E-state index in [-0.39, 0.29) is 11.9 Å². The third-order valence-corrected chi connectivity index (χ3v) is 4.91. The van der Waals surface area contributed by atoms with E-state index in [1.807, 2.05) is 37.3 Å². The van der Waals surface area contributed by atoms with Crippen LogP contribution in [-0.2, 0) is 4.79 Å². The topological polar surface area (TPSA) is 65.0 Å². The molecule has 0 spiro atoms. The van der Waals surface area contributed by atoms with Crippen molar-refractivity contribution < 1.29 is 14.6 Å². The monoisotopic (exact) mass is 347 g/mol. The number of rotatable bonds is 8. The molecule has 2 N–H and O–H groups in total. The number of aliphatic hydroxyl groups is 1. The fourth-order valence-corrected chi connectivity index (χ4v) is 3.11. The molecule has 0 radical (unpaired) electrons. The lowest BCUT2D eigenvalue weighted by atomic mass is 10.2. The summed E-state index contributed by atoms with van der Waals surface area (Å²) in [6, 6.07) is 9.89. The van der Waals surface area contributed by atoms with E-state index in [1.54, 1.807) is 0 Å². The second-order valence-electron chi connectivity index (χ2n) is 7.07. The number of benzene rings is 1. The predicted octanol–water partition coefficient (Wildman–Crippen LogP) is 0.711. The Morgan fingerprint density at radius 2 is 1.92 bits per heavy atom. The Morgan fingerprint density at radius 3 is 2.56 bits per heavy atom. The molecule has 2 unspecified atom stereocenters. The van der Waals surface area contributed by atoms with Gasteiger partial charge < -0.3 is 15.2 Å². The molecule has 1 amide bonds. The molecule has 2 fully saturated rings. The summed E-state index contributed by atoms with van der Waals surface area (Å²) in [5, 5.41) is 13.3. The van der Waals surface area contributed by atoms with E-state index in [0.29, 0.717) is 19.2 Å². The normalized spacial score (nSPS) is 21.5. The van der Waals surface area contributed by atoms with E-state index >= 15 is 0 Å². The minimum atomic E-state index is -0.512. The number of carbonyl (C=O) groups excluding carboxylic acids is 1. The van der Waals surface area contributed by atoms with Crippen LogP contribution >= 0.6 is 0 Å². The van der Waals surface area contributed by atoms with E-state index in [0.717, 1.165) is 44.8 Å². The molecule has 1 aromatic carbocycles. The molecule has 25 heavy (non-hydrogen) atoms. The van der Waals surface area contributed by atoms with Gasteiger partial charge in [0.05, 0.1) is 6.04 Å². The molecular weight excluding hydrogens is 318 g/mol. The zero-order valence-corrected chi connectivity index (χ0v) is 14.9. The Balaban J connectivity index is 1.34. The molecule has 138 valence electrons. The first-order valence-corrected chi connectivity index (χ1v) is 9.24. The highest BCUT2D eigenvalue weighted by atomic mass is 16.5. The summed E-state index contributed by atoms with van der Waals surface area (Å²) in [7, 11) is 0. The quantitative estimate of drug-likeness (QED) is 0.725. The number of aliphatic hydroxyl groups excluding tert-OH is 1. The molecule has 1 aliphatic heterocycles. The molecule has 6 nitrogen and oxygen atoms in total. The van der Waals surface area contributed by atoms with Crippen molar-refractivity contribution in [1.29, 1.82) is 0 Å². The van der Waals surface area contributed by atoms with Crippen molar-refractivity contribution in [3.05, 3.63) is 30.3 Å². The molecule has 2 aliphatic rings. The van der Waals surface area contributed by atoms with E-state index in [4.69, 9.17) is 4.74 Å². The van der Waals surface area contributed by atoms with Gasteiger partial charge in [0.2, 0.25) is 5.91 Å². The lowest BCUT2D eigenvalue weighted by molar-refractivity contribution is -0.126. The number of carbonyl (C=O) groups is 1. The number of para-hydroxylation sites is 1. The maximum Gasteiger partial charge on any atom is 0.237 e. The van der Waals surface area contributed by atoms with Gasteiger partial charge in [-0.1, -0.05) is 18.2 Å². The molecule has 1 aromatic rings. The van der Waals surface area contributed by atoms with Crippen molar-refractivity contribution in [2.24, 2.45) is 0 Å². The molecule has 1 heterocycles. The zero-order chi connectivity index (χ0) is 17.6. The van der Waals surface area contributed by atoms with Gasteiger partial charge in [-0.3, -0.25) is 14.6 Å². The molecule has 2 atom stereocenters. The van der Waals surface area contributed by atoms with Crippen molar-refractivity contribution in [1.82, 2.24) is 15.1 Å². The van der Waals surface area contributed by atoms with Gasteiger partial charge in [0.25, 0.3) is 0 Å². The van der Waals surface area contributed by atoms with E-state index in [9.17, 15) is 9.90 Å². The minimum absolute atomic E-state index is 0.0749. The van der Waals surface area contributed by atoms with Crippen LogP contribution in [0.3, 0.4) is 0 Å². The van der Waals surface area contributed by atoms with Crippen LogP contribution in [0.5, 0.6) is 5.75 Å². The lowest BCUT2D eigenvalue weighted by Gasteiger charge is -2.38. The van der Waals surface area contributed by atoms with Crippen LogP contribution in [-0.4, -0.2) is 78.3 Å². The van der Waals surface area contributed by atoms with E-state index in [2.05, 4.69) is 15.1 Å². The predicted molar refractivity (Wildman–Crippen MR) is 96.6 cm³/mol. The average molecular weight is 347 g/mol. The molecule has 6 heteroatoms. The van der Waals surface area contributed by atoms with Crippen LogP contribution in [0.25, 0.3) is 0 Å². The number of amides is 1. The minimum Gasteiger partial charge on any atom is -0.491 e. The van der Waals surface area contributed by atoms with Gasteiger partial charge >= 0.3 is 0 Å². The van der Waals surface area contributed by atoms with Crippen LogP contribution < -0.4 is 10.1 Å². The van der Waals surface area contributed by atoms with Gasteiger partial charge in [-0.2, -0.15) is 0 Å². The van der Waals surface area contributed by atoms with Crippen molar-refractivity contribution in [2.75, 3.05) is 39.3 Å². The fraction of sp³-hybridized carbons (Fsp3) is 0.632. The number of piperazine rings is 1. The Kier molecular flexibility index (Phi) is 6.29. The van der Waals surface area contributed by atoms with Gasteiger partial charge in [0.15, 0.2) is 0 Å². The fourth-order valence-electron chi connectivity index (χ4n) is 3.11. The van der Waals surface area contributed by atoms with Crippen molar-refractivity contribution in [2.45, 2.75) is 38.0 Å². The number of nitrogens with zero attached hydrogens (tertiary/aromatic N) is 2. The summed E-state index contributed by atoms with van der Waals surface area (Å²) >= 11 is 0. The summed E-state index contributed by atoms with van der Waals surface area (Å²) in [6.45, 7) is 6.31. The molecule has 1 aliphatic carbocycles. The van der Waals surface area contributed by atoms with E-state index in [1.165, 1.54) is 0 Å². The number of β-amino-alcohol motifs (C(OH)–C–C–N with tert-alkyl or cyclic N) is 1. The average Bonchev–Trinajstić information content (AvgIpc) is 3.45. The molecular formula is C19H29N3O3. The van der Waals surface area contributed by atoms with Gasteiger partial charge in [-0.15, -0.1) is 0 Å². The Labute approximate surface area is 149 Å². The van der Waals surface area contributed by atoms with Crippen molar-refractivity contribution in [3.63, 3.8) is 0 Å². The van der Waals surface area contributed by atoms with Gasteiger partial charge in [-0.05, 0) is 31.9 Å². The smallest absolute Gasteiger partial charge is 0.237 e. The highest BCUT2D eigenvalue weighted by molar-refractivity contribution is 5.81. The van der Waals surface area contributed by atoms with Crippen LogP contribution in [0.4, 0.5) is 0 Å². The van der Waals surface area contributed by atoms with Crippen LogP contribution in [0.1, 0.15) is 19.8 Å². The third-order valence-electron chi connectivity index (χ3n) is 4.91. The molecule has 0 bridgehead atoms. The van der Waals surface area contributed by atoms with Gasteiger partial charge in [0, 0.05) is 38.8 Å². The Morgan fingerprint density at radius 1 is 1.24 bits per heavy atom. The van der Waals surface area contributed by atoms with E-state index < -0.39 is 6.10 Å². The third kappa shape index (κ3) is 5.70. The number of nitrogens with one attached hydrogen (secondary N) is 1. The SMILES string of the molecule is CC(C(=O)NC1CC1)N1CCN(CC(O)COc2ccccc2)CC1. The van der Waals surface area contributed by atoms with Gasteiger partial charge in [0.1, 0.15) is 18.5 Å². The van der Waals surface area contributed by atoms with Crippen LogP contribution in [0, 0.1) is 0 Å². The Bertz CT molecular complexity index is 542. The molecule has 1 saturated carbocycles. The standard InChI is InChI=1S/C19H29N3O3/c1-15(19(24)20-16-7-8-16)22-11-9-21(10-12-22)13-17(23)14-25-18-5-3-2-4-6-18/h2-6,15-17,23H,7-14H2,1H3,(H,20,24). The summed E-state index contributed by atoms with van der Waals surface area (Å²) in [5.74, 6) is 0.925. The van der Waals surface area contributed by atoms with Gasteiger partial charge in [-0.25, -0.2) is 0 Å². The first-order valence-electron chi connectivity index (χ1n) is 9.24. The molecule has 1 saturated heterocycles. The second kappa shape index (κ2) is 8.65. The number of hydrogen-bond donors (Lipinski definition) is 2.